The molecule has 0 aliphatic carbocycles. The van der Waals surface area contributed by atoms with Gasteiger partial charge in [0, 0.05) is 18.3 Å². The Kier molecular flexibility index (Phi) is 8.54. The van der Waals surface area contributed by atoms with Gasteiger partial charge in [-0.1, -0.05) is 44.2 Å². The third-order valence-electron chi connectivity index (χ3n) is 4.61. The highest BCUT2D eigenvalue weighted by molar-refractivity contribution is 5.92. The van der Waals surface area contributed by atoms with Crippen LogP contribution in [0.3, 0.4) is 0 Å². The van der Waals surface area contributed by atoms with E-state index in [9.17, 15) is 14.4 Å². The van der Waals surface area contributed by atoms with Crippen LogP contribution in [0.4, 0.5) is 0 Å². The number of nitrogens with one attached hydrogen (secondary N) is 3. The average molecular weight is 415 g/mol. The summed E-state index contributed by atoms with van der Waals surface area (Å²) in [6.45, 7) is 3.87. The number of benzene rings is 1. The van der Waals surface area contributed by atoms with Crippen molar-refractivity contribution in [2.24, 2.45) is 17.4 Å². The van der Waals surface area contributed by atoms with Crippen LogP contribution in [0, 0.1) is 5.92 Å². The van der Waals surface area contributed by atoms with Gasteiger partial charge in [0.25, 0.3) is 0 Å². The number of nitrogens with two attached hydrogens (primary N) is 2. The van der Waals surface area contributed by atoms with Gasteiger partial charge in [-0.05, 0) is 24.3 Å². The lowest BCUT2D eigenvalue weighted by molar-refractivity contribution is -0.132. The lowest BCUT2D eigenvalue weighted by Gasteiger charge is -2.24. The van der Waals surface area contributed by atoms with E-state index in [0.717, 1.165) is 5.56 Å². The highest BCUT2D eigenvalue weighted by Gasteiger charge is 2.28. The maximum atomic E-state index is 12.8. The van der Waals surface area contributed by atoms with Crippen molar-refractivity contribution < 1.29 is 14.4 Å². The van der Waals surface area contributed by atoms with Gasteiger partial charge < -0.3 is 27.1 Å². The van der Waals surface area contributed by atoms with Crippen molar-refractivity contribution in [3.63, 3.8) is 0 Å². The summed E-state index contributed by atoms with van der Waals surface area (Å²) in [6, 6.07) is 6.85. The molecule has 7 N–H and O–H groups in total. The number of aromatic amines is 1. The number of hydrogen-bond donors (Lipinski definition) is 5. The Morgan fingerprint density at radius 2 is 1.70 bits per heavy atom. The summed E-state index contributed by atoms with van der Waals surface area (Å²) >= 11 is 0. The molecule has 1 aromatic heterocycles. The minimum Gasteiger partial charge on any atom is -0.368 e. The topological polar surface area (TPSA) is 156 Å². The molecule has 3 atom stereocenters. The smallest absolute Gasteiger partial charge is 0.243 e. The summed E-state index contributed by atoms with van der Waals surface area (Å²) < 4.78 is 0. The molecule has 9 nitrogen and oxygen atoms in total. The van der Waals surface area contributed by atoms with Gasteiger partial charge in [-0.25, -0.2) is 4.98 Å². The first-order valence-corrected chi connectivity index (χ1v) is 9.93. The van der Waals surface area contributed by atoms with Gasteiger partial charge in [0.15, 0.2) is 0 Å². The fraction of sp³-hybridized carbons (Fsp3) is 0.429. The zero-order valence-corrected chi connectivity index (χ0v) is 17.3. The fourth-order valence-corrected chi connectivity index (χ4v) is 3.05. The molecule has 2 aromatic rings. The molecule has 0 saturated carbocycles. The van der Waals surface area contributed by atoms with Crippen LogP contribution in [0.1, 0.15) is 31.5 Å². The monoisotopic (exact) mass is 414 g/mol. The molecule has 0 fully saturated rings. The molecule has 0 bridgehead atoms. The summed E-state index contributed by atoms with van der Waals surface area (Å²) in [4.78, 5) is 44.0. The van der Waals surface area contributed by atoms with Gasteiger partial charge in [-0.3, -0.25) is 14.4 Å². The van der Waals surface area contributed by atoms with E-state index in [-0.39, 0.29) is 12.3 Å². The Labute approximate surface area is 176 Å². The predicted octanol–water partition coefficient (Wildman–Crippen LogP) is 0.0232. The van der Waals surface area contributed by atoms with Gasteiger partial charge in [0.05, 0.1) is 12.4 Å². The van der Waals surface area contributed by atoms with Crippen molar-refractivity contribution >= 4 is 17.7 Å². The molecular weight excluding hydrogens is 384 g/mol. The minimum absolute atomic E-state index is 0.131. The van der Waals surface area contributed by atoms with Crippen LogP contribution in [-0.4, -0.2) is 45.8 Å². The first kappa shape index (κ1) is 23.1. The number of amides is 3. The van der Waals surface area contributed by atoms with Crippen LogP contribution in [-0.2, 0) is 27.2 Å². The van der Waals surface area contributed by atoms with Crippen molar-refractivity contribution in [3.05, 3.63) is 54.1 Å². The molecule has 0 aliphatic heterocycles. The molecule has 0 aliphatic rings. The largest absolute Gasteiger partial charge is 0.368 e. The van der Waals surface area contributed by atoms with E-state index in [4.69, 9.17) is 11.5 Å². The Morgan fingerprint density at radius 3 is 2.27 bits per heavy atom. The number of primary amides is 1. The molecule has 0 spiro atoms. The average Bonchev–Trinajstić information content (AvgIpc) is 3.20. The van der Waals surface area contributed by atoms with Crippen LogP contribution >= 0.6 is 0 Å². The molecule has 162 valence electrons. The van der Waals surface area contributed by atoms with Crippen LogP contribution in [0.5, 0.6) is 0 Å². The van der Waals surface area contributed by atoms with Crippen LogP contribution in [0.25, 0.3) is 0 Å². The van der Waals surface area contributed by atoms with E-state index in [1.807, 2.05) is 44.2 Å². The summed E-state index contributed by atoms with van der Waals surface area (Å²) in [7, 11) is 0. The number of imidazole rings is 1. The van der Waals surface area contributed by atoms with Crippen molar-refractivity contribution in [1.82, 2.24) is 20.6 Å². The Morgan fingerprint density at radius 1 is 1.03 bits per heavy atom. The Hall–Kier alpha value is -3.20. The number of nitrogens with zero attached hydrogens (tertiary/aromatic N) is 1. The highest BCUT2D eigenvalue weighted by Crippen LogP contribution is 2.08. The Bertz CT molecular complexity index is 823. The molecule has 1 heterocycles. The van der Waals surface area contributed by atoms with Crippen LogP contribution < -0.4 is 22.1 Å². The molecule has 0 saturated heterocycles. The number of aromatic nitrogens is 2. The summed E-state index contributed by atoms with van der Waals surface area (Å²) in [6.07, 6.45) is 3.96. The number of carbonyl (C=O) groups is 3. The van der Waals surface area contributed by atoms with Gasteiger partial charge in [0.2, 0.25) is 17.7 Å². The lowest BCUT2D eigenvalue weighted by atomic mass is 10.0. The SMILES string of the molecule is CC(C)C[C@H](NC(=O)[C@@H](N)Cc1ccccc1)C(=O)N[C@@H](Cc1cnc[nH]1)C(N)=O. The molecular formula is C21H30N6O3. The number of H-pyrrole nitrogens is 1. The van der Waals surface area contributed by atoms with Crippen molar-refractivity contribution in [2.75, 3.05) is 0 Å². The number of carbonyl (C=O) groups excluding carboxylic acids is 3. The van der Waals surface area contributed by atoms with E-state index in [1.165, 1.54) is 6.33 Å². The Balaban J connectivity index is 2.02. The summed E-state index contributed by atoms with van der Waals surface area (Å²) in [5, 5.41) is 5.36. The zero-order chi connectivity index (χ0) is 22.1. The normalized spacial score (nSPS) is 14.0. The van der Waals surface area contributed by atoms with Crippen molar-refractivity contribution in [1.29, 1.82) is 0 Å². The standard InChI is InChI=1S/C21H30N6O3/c1-13(2)8-18(27-20(29)16(22)9-14-6-4-3-5-7-14)21(30)26-17(19(23)28)10-15-11-24-12-25-15/h3-7,11-13,16-18H,8-10,22H2,1-2H3,(H2,23,28)(H,24,25)(H,26,30)(H,27,29)/t16-,17-,18-/m0/s1. The fourth-order valence-electron chi connectivity index (χ4n) is 3.05. The molecule has 30 heavy (non-hydrogen) atoms. The highest BCUT2D eigenvalue weighted by atomic mass is 16.2. The molecule has 3 amide bonds. The summed E-state index contributed by atoms with van der Waals surface area (Å²) in [5.41, 5.74) is 13.1. The second-order valence-corrected chi connectivity index (χ2v) is 7.73. The lowest BCUT2D eigenvalue weighted by Crippen LogP contribution is -2.56. The second-order valence-electron chi connectivity index (χ2n) is 7.73. The quantitative estimate of drug-likeness (QED) is 0.350. The first-order valence-electron chi connectivity index (χ1n) is 9.93. The maximum Gasteiger partial charge on any atom is 0.243 e. The molecule has 1 aromatic carbocycles. The van der Waals surface area contributed by atoms with Crippen LogP contribution in [0.15, 0.2) is 42.9 Å². The number of hydrogen-bond acceptors (Lipinski definition) is 5. The third kappa shape index (κ3) is 7.32. The van der Waals surface area contributed by atoms with Gasteiger partial charge in [-0.2, -0.15) is 0 Å². The van der Waals surface area contributed by atoms with E-state index in [2.05, 4.69) is 20.6 Å². The third-order valence-corrected chi connectivity index (χ3v) is 4.61. The van der Waals surface area contributed by atoms with E-state index >= 15 is 0 Å². The maximum absolute atomic E-state index is 12.8. The number of rotatable bonds is 11. The molecule has 0 radical (unpaired) electrons. The zero-order valence-electron chi connectivity index (χ0n) is 17.3. The van der Waals surface area contributed by atoms with Gasteiger partial charge in [-0.15, -0.1) is 0 Å². The predicted molar refractivity (Wildman–Crippen MR) is 113 cm³/mol. The molecule has 2 rings (SSSR count). The van der Waals surface area contributed by atoms with Gasteiger partial charge >= 0.3 is 0 Å². The molecule has 9 heteroatoms. The molecule has 0 unspecified atom stereocenters. The van der Waals surface area contributed by atoms with Crippen molar-refractivity contribution in [2.45, 2.75) is 51.2 Å². The van der Waals surface area contributed by atoms with E-state index in [1.54, 1.807) is 6.20 Å². The van der Waals surface area contributed by atoms with Gasteiger partial charge in [0.1, 0.15) is 12.1 Å². The van der Waals surface area contributed by atoms with E-state index < -0.39 is 35.8 Å². The van der Waals surface area contributed by atoms with Crippen molar-refractivity contribution in [3.8, 4) is 0 Å². The van der Waals surface area contributed by atoms with Crippen LogP contribution in [0.2, 0.25) is 0 Å². The summed E-state index contributed by atoms with van der Waals surface area (Å²) in [5.74, 6) is -1.45. The second kappa shape index (κ2) is 11.1. The first-order chi connectivity index (χ1) is 14.3. The minimum atomic E-state index is -0.928. The van der Waals surface area contributed by atoms with E-state index in [0.29, 0.717) is 18.5 Å².